The fourth-order valence-corrected chi connectivity index (χ4v) is 2.77. The van der Waals surface area contributed by atoms with Crippen molar-refractivity contribution >= 4 is 11.8 Å². The van der Waals surface area contributed by atoms with Gasteiger partial charge in [0.2, 0.25) is 0 Å². The molecule has 9 heteroatoms. The largest absolute Gasteiger partial charge is 0.394 e. The quantitative estimate of drug-likeness (QED) is 0.543. The molecule has 4 atom stereocenters. The van der Waals surface area contributed by atoms with Gasteiger partial charge in [0.1, 0.15) is 18.3 Å². The first kappa shape index (κ1) is 18.1. The summed E-state index contributed by atoms with van der Waals surface area (Å²) in [5, 5.41) is 12.0. The molecule has 2 unspecified atom stereocenters. The molecule has 2 rings (SSSR count). The molecule has 0 aromatic carbocycles. The molecule has 2 aliphatic rings. The minimum atomic E-state index is -1.10. The van der Waals surface area contributed by atoms with Crippen molar-refractivity contribution in [3.63, 3.8) is 0 Å². The van der Waals surface area contributed by atoms with Gasteiger partial charge in [0.05, 0.1) is 19.3 Å². The number of hydrogen-bond acceptors (Lipinski definition) is 7. The molecule has 9 nitrogen and oxygen atoms in total. The summed E-state index contributed by atoms with van der Waals surface area (Å²) < 4.78 is 22.9. The highest BCUT2D eigenvalue weighted by molar-refractivity contribution is 6.34. The van der Waals surface area contributed by atoms with E-state index in [0.29, 0.717) is 0 Å². The van der Waals surface area contributed by atoms with Crippen LogP contribution in [0.1, 0.15) is 27.7 Å². The Balaban J connectivity index is 2.21. The number of amides is 2. The first-order valence-electron chi connectivity index (χ1n) is 7.43. The Bertz CT molecular complexity index is 480. The van der Waals surface area contributed by atoms with Crippen molar-refractivity contribution in [1.29, 1.82) is 0 Å². The molecule has 2 aliphatic heterocycles. The molecule has 0 aliphatic carbocycles. The molecule has 0 saturated carbocycles. The summed E-state index contributed by atoms with van der Waals surface area (Å²) in [4.78, 5) is 22.6. The molecule has 4 N–H and O–H groups in total. The molecule has 2 saturated heterocycles. The van der Waals surface area contributed by atoms with Gasteiger partial charge in [0, 0.05) is 0 Å². The zero-order valence-corrected chi connectivity index (χ0v) is 13.7. The molecule has 0 aromatic rings. The second-order valence-corrected chi connectivity index (χ2v) is 6.56. The minimum Gasteiger partial charge on any atom is -0.394 e. The fraction of sp³-hybridized carbons (Fsp3) is 0.857. The number of carbonyl (C=O) groups excluding carboxylic acids is 2. The van der Waals surface area contributed by atoms with Crippen LogP contribution in [0.3, 0.4) is 0 Å². The number of rotatable bonds is 3. The Kier molecular flexibility index (Phi) is 4.97. The Hall–Kier alpha value is -1.26. The molecule has 2 heterocycles. The summed E-state index contributed by atoms with van der Waals surface area (Å²) in [5.74, 6) is -3.85. The number of ether oxygens (including phenoxy) is 4. The van der Waals surface area contributed by atoms with E-state index in [2.05, 4.69) is 5.32 Å². The van der Waals surface area contributed by atoms with Gasteiger partial charge in [-0.2, -0.15) is 0 Å². The summed E-state index contributed by atoms with van der Waals surface area (Å²) in [5.41, 5.74) is 4.97. The topological polar surface area (TPSA) is 129 Å². The van der Waals surface area contributed by atoms with Crippen molar-refractivity contribution in [2.45, 2.75) is 63.6 Å². The molecule has 0 spiro atoms. The number of aliphatic hydroxyl groups is 1. The number of hydrogen-bond donors (Lipinski definition) is 3. The molecular formula is C14H24N2O7. The average molecular weight is 332 g/mol. The lowest BCUT2D eigenvalue weighted by Gasteiger charge is -2.43. The van der Waals surface area contributed by atoms with Gasteiger partial charge in [0.15, 0.2) is 11.6 Å². The summed E-state index contributed by atoms with van der Waals surface area (Å²) in [7, 11) is 0. The third kappa shape index (κ3) is 4.18. The van der Waals surface area contributed by atoms with Crippen LogP contribution in [0.5, 0.6) is 0 Å². The van der Waals surface area contributed by atoms with Gasteiger partial charge in [-0.05, 0) is 27.7 Å². The lowest BCUT2D eigenvalue weighted by molar-refractivity contribution is -0.302. The van der Waals surface area contributed by atoms with E-state index in [1.165, 1.54) is 0 Å². The number of nitrogens with one attached hydrogen (secondary N) is 1. The van der Waals surface area contributed by atoms with Crippen LogP contribution >= 0.6 is 0 Å². The second-order valence-electron chi connectivity index (χ2n) is 6.56. The smallest absolute Gasteiger partial charge is 0.309 e. The Morgan fingerprint density at radius 1 is 1.13 bits per heavy atom. The summed E-state index contributed by atoms with van der Waals surface area (Å²) in [6, 6.07) is -0.667. The van der Waals surface area contributed by atoms with E-state index >= 15 is 0 Å². The van der Waals surface area contributed by atoms with Gasteiger partial charge in [-0.25, -0.2) is 0 Å². The van der Waals surface area contributed by atoms with Gasteiger partial charge in [0.25, 0.3) is 0 Å². The molecule has 2 fully saturated rings. The van der Waals surface area contributed by atoms with Crippen LogP contribution in [0, 0.1) is 0 Å². The molecule has 23 heavy (non-hydrogen) atoms. The van der Waals surface area contributed by atoms with Crippen molar-refractivity contribution < 1.29 is 33.6 Å². The third-order valence-electron chi connectivity index (χ3n) is 3.69. The van der Waals surface area contributed by atoms with Gasteiger partial charge < -0.3 is 35.1 Å². The second kappa shape index (κ2) is 6.33. The average Bonchev–Trinajstić information content (AvgIpc) is 2.75. The summed E-state index contributed by atoms with van der Waals surface area (Å²) in [6.45, 7) is 6.72. The standard InChI is InChI=1S/C14H24N2O7/c1-13(2)20-6-7(16-12(19)11(15)18)9(22-13)10-8(5-17)21-14(3,4)23-10/h7-10,17H,5-6H2,1-4H3,(H2,15,18)(H,16,19)/t7-,8?,9?,10-/m1/s1. The zero-order chi connectivity index (χ0) is 17.4. The molecular weight excluding hydrogens is 308 g/mol. The number of carbonyl (C=O) groups is 2. The van der Waals surface area contributed by atoms with Crippen molar-refractivity contribution in [1.82, 2.24) is 5.32 Å². The normalized spacial score (nSPS) is 35.7. The van der Waals surface area contributed by atoms with E-state index in [4.69, 9.17) is 24.7 Å². The Morgan fingerprint density at radius 3 is 2.30 bits per heavy atom. The van der Waals surface area contributed by atoms with Crippen LogP contribution in [0.25, 0.3) is 0 Å². The SMILES string of the molecule is CC1(C)OC[C@@H](NC(=O)C(N)=O)C([C@@H]2OC(C)(C)OC2CO)O1. The van der Waals surface area contributed by atoms with Gasteiger partial charge >= 0.3 is 11.8 Å². The monoisotopic (exact) mass is 332 g/mol. The highest BCUT2D eigenvalue weighted by Gasteiger charge is 2.51. The summed E-state index contributed by atoms with van der Waals surface area (Å²) in [6.07, 6.45) is -1.95. The van der Waals surface area contributed by atoms with E-state index in [1.54, 1.807) is 27.7 Å². The van der Waals surface area contributed by atoms with Crippen LogP contribution in [-0.4, -0.2) is 66.1 Å². The van der Waals surface area contributed by atoms with Crippen molar-refractivity contribution in [2.24, 2.45) is 5.73 Å². The minimum absolute atomic E-state index is 0.106. The number of nitrogens with two attached hydrogens (primary N) is 1. The van der Waals surface area contributed by atoms with E-state index in [1.807, 2.05) is 0 Å². The van der Waals surface area contributed by atoms with E-state index in [0.717, 1.165) is 0 Å². The van der Waals surface area contributed by atoms with E-state index < -0.39 is 47.7 Å². The highest BCUT2D eigenvalue weighted by Crippen LogP contribution is 2.35. The molecule has 0 bridgehead atoms. The molecule has 0 radical (unpaired) electrons. The first-order chi connectivity index (χ1) is 10.5. The van der Waals surface area contributed by atoms with Crippen molar-refractivity contribution in [3.05, 3.63) is 0 Å². The Labute approximate surface area is 134 Å². The first-order valence-corrected chi connectivity index (χ1v) is 7.43. The van der Waals surface area contributed by atoms with Gasteiger partial charge in [-0.3, -0.25) is 9.59 Å². The van der Waals surface area contributed by atoms with Crippen molar-refractivity contribution in [2.75, 3.05) is 13.2 Å². The van der Waals surface area contributed by atoms with Crippen LogP contribution in [-0.2, 0) is 28.5 Å². The van der Waals surface area contributed by atoms with E-state index in [-0.39, 0.29) is 13.2 Å². The van der Waals surface area contributed by atoms with Crippen molar-refractivity contribution in [3.8, 4) is 0 Å². The molecule has 0 aromatic heterocycles. The zero-order valence-electron chi connectivity index (χ0n) is 13.7. The third-order valence-corrected chi connectivity index (χ3v) is 3.69. The maximum absolute atomic E-state index is 11.6. The predicted octanol–water partition coefficient (Wildman–Crippen LogP) is -1.38. The molecule has 2 amide bonds. The van der Waals surface area contributed by atoms with Crippen LogP contribution in [0.4, 0.5) is 0 Å². The van der Waals surface area contributed by atoms with E-state index in [9.17, 15) is 14.7 Å². The Morgan fingerprint density at radius 2 is 1.74 bits per heavy atom. The van der Waals surface area contributed by atoms with Gasteiger partial charge in [-0.1, -0.05) is 0 Å². The highest BCUT2D eigenvalue weighted by atomic mass is 16.8. The number of aliphatic hydroxyl groups excluding tert-OH is 1. The van der Waals surface area contributed by atoms with Crippen LogP contribution in [0.2, 0.25) is 0 Å². The van der Waals surface area contributed by atoms with Crippen LogP contribution < -0.4 is 11.1 Å². The summed E-state index contributed by atoms with van der Waals surface area (Å²) >= 11 is 0. The van der Waals surface area contributed by atoms with Crippen LogP contribution in [0.15, 0.2) is 0 Å². The lowest BCUT2D eigenvalue weighted by atomic mass is 9.99. The fourth-order valence-electron chi connectivity index (χ4n) is 2.77. The maximum Gasteiger partial charge on any atom is 0.309 e. The molecule has 132 valence electrons. The predicted molar refractivity (Wildman–Crippen MR) is 76.9 cm³/mol. The maximum atomic E-state index is 11.6. The lowest BCUT2D eigenvalue weighted by Crippen LogP contribution is -2.62. The van der Waals surface area contributed by atoms with Gasteiger partial charge in [-0.15, -0.1) is 0 Å². The number of primary amides is 1.